The largest absolute Gasteiger partial charge is 0.366 e. The van der Waals surface area contributed by atoms with Gasteiger partial charge in [0.1, 0.15) is 0 Å². The summed E-state index contributed by atoms with van der Waals surface area (Å²) < 4.78 is 1.83. The second-order valence-corrected chi connectivity index (χ2v) is 5.61. The van der Waals surface area contributed by atoms with E-state index in [4.69, 9.17) is 5.73 Å². The Morgan fingerprint density at radius 2 is 2.04 bits per heavy atom. The molecule has 2 amide bonds. The molecule has 0 aliphatic rings. The maximum Gasteiger partial charge on any atom is 0.248 e. The first-order valence-corrected chi connectivity index (χ1v) is 7.53. The zero-order valence-electron chi connectivity index (χ0n) is 13.7. The monoisotopic (exact) mass is 314 g/mol. The summed E-state index contributed by atoms with van der Waals surface area (Å²) >= 11 is 0. The van der Waals surface area contributed by atoms with Gasteiger partial charge >= 0.3 is 0 Å². The molecule has 0 aliphatic heterocycles. The molecule has 0 unspecified atom stereocenters. The number of aryl methyl sites for hydroxylation is 2. The number of nitrogens with zero attached hydrogens (tertiary/aromatic N) is 2. The van der Waals surface area contributed by atoms with Crippen LogP contribution in [0.4, 0.5) is 0 Å². The van der Waals surface area contributed by atoms with E-state index in [1.165, 1.54) is 0 Å². The Morgan fingerprint density at radius 1 is 1.30 bits per heavy atom. The summed E-state index contributed by atoms with van der Waals surface area (Å²) in [6, 6.07) is 6.95. The van der Waals surface area contributed by atoms with Gasteiger partial charge in [0.15, 0.2) is 0 Å². The fraction of sp³-hybridized carbons (Fsp3) is 0.353. The van der Waals surface area contributed by atoms with Gasteiger partial charge in [-0.05, 0) is 43.5 Å². The third kappa shape index (κ3) is 4.18. The molecular formula is C17H22N4O2. The third-order valence-electron chi connectivity index (χ3n) is 3.96. The van der Waals surface area contributed by atoms with E-state index in [-0.39, 0.29) is 5.91 Å². The summed E-state index contributed by atoms with van der Waals surface area (Å²) in [5.41, 5.74) is 9.72. The Balaban J connectivity index is 1.88. The Morgan fingerprint density at radius 3 is 2.65 bits per heavy atom. The molecular weight excluding hydrogens is 292 g/mol. The number of carbonyl (C=O) groups excluding carboxylic acids is 2. The van der Waals surface area contributed by atoms with Crippen LogP contribution in [0.1, 0.15) is 39.3 Å². The Kier molecular flexibility index (Phi) is 5.16. The molecule has 6 nitrogen and oxygen atoms in total. The standard InChI is InChI=1S/C17H22N4O2/c1-11-15(12(2)21(3)20-11)7-8-16(22)19-10-13-5-4-6-14(9-13)17(18)23/h4-6,9H,7-8,10H2,1-3H3,(H2,18,23)(H,19,22). The molecule has 2 rings (SSSR count). The van der Waals surface area contributed by atoms with Crippen molar-refractivity contribution in [1.82, 2.24) is 15.1 Å². The molecule has 1 heterocycles. The van der Waals surface area contributed by atoms with E-state index in [9.17, 15) is 9.59 Å². The first-order valence-electron chi connectivity index (χ1n) is 7.53. The fourth-order valence-electron chi connectivity index (χ4n) is 2.54. The van der Waals surface area contributed by atoms with Gasteiger partial charge in [-0.1, -0.05) is 12.1 Å². The lowest BCUT2D eigenvalue weighted by Crippen LogP contribution is -2.23. The minimum absolute atomic E-state index is 0.0304. The molecule has 0 aliphatic carbocycles. The quantitative estimate of drug-likeness (QED) is 0.844. The zero-order chi connectivity index (χ0) is 17.0. The van der Waals surface area contributed by atoms with Crippen LogP contribution in [-0.2, 0) is 24.8 Å². The number of hydrogen-bond acceptors (Lipinski definition) is 3. The highest BCUT2D eigenvalue weighted by Crippen LogP contribution is 2.14. The predicted octanol–water partition coefficient (Wildman–Crippen LogP) is 1.38. The van der Waals surface area contributed by atoms with Crippen LogP contribution in [-0.4, -0.2) is 21.6 Å². The van der Waals surface area contributed by atoms with Gasteiger partial charge in [-0.25, -0.2) is 0 Å². The molecule has 0 bridgehead atoms. The van der Waals surface area contributed by atoms with E-state index in [0.29, 0.717) is 24.9 Å². The summed E-state index contributed by atoms with van der Waals surface area (Å²) in [7, 11) is 1.90. The van der Waals surface area contributed by atoms with E-state index >= 15 is 0 Å². The summed E-state index contributed by atoms with van der Waals surface area (Å²) in [6.07, 6.45) is 1.07. The molecule has 122 valence electrons. The van der Waals surface area contributed by atoms with Crippen molar-refractivity contribution in [2.24, 2.45) is 12.8 Å². The molecule has 23 heavy (non-hydrogen) atoms. The van der Waals surface area contributed by atoms with Gasteiger partial charge in [-0.3, -0.25) is 14.3 Å². The molecule has 2 aromatic rings. The number of rotatable bonds is 6. The van der Waals surface area contributed by atoms with Crippen molar-refractivity contribution in [2.75, 3.05) is 0 Å². The number of nitrogens with two attached hydrogens (primary N) is 1. The number of carbonyl (C=O) groups is 2. The first kappa shape index (κ1) is 16.7. The van der Waals surface area contributed by atoms with Crippen LogP contribution in [0.2, 0.25) is 0 Å². The highest BCUT2D eigenvalue weighted by atomic mass is 16.1. The van der Waals surface area contributed by atoms with Crippen molar-refractivity contribution in [3.63, 3.8) is 0 Å². The number of benzene rings is 1. The molecule has 3 N–H and O–H groups in total. The summed E-state index contributed by atoms with van der Waals surface area (Å²) in [6.45, 7) is 4.34. The molecule has 1 aromatic carbocycles. The molecule has 0 atom stereocenters. The third-order valence-corrected chi connectivity index (χ3v) is 3.96. The number of amides is 2. The molecule has 1 aromatic heterocycles. The van der Waals surface area contributed by atoms with E-state index < -0.39 is 5.91 Å². The van der Waals surface area contributed by atoms with Crippen LogP contribution in [0.5, 0.6) is 0 Å². The fourth-order valence-corrected chi connectivity index (χ4v) is 2.54. The maximum absolute atomic E-state index is 12.0. The van der Waals surface area contributed by atoms with Crippen molar-refractivity contribution in [3.8, 4) is 0 Å². The normalized spacial score (nSPS) is 10.6. The van der Waals surface area contributed by atoms with Gasteiger partial charge in [0.25, 0.3) is 0 Å². The summed E-state index contributed by atoms with van der Waals surface area (Å²) in [5, 5.41) is 7.21. The number of primary amides is 1. The van der Waals surface area contributed by atoms with Crippen molar-refractivity contribution in [1.29, 1.82) is 0 Å². The van der Waals surface area contributed by atoms with E-state index in [0.717, 1.165) is 22.5 Å². The lowest BCUT2D eigenvalue weighted by molar-refractivity contribution is -0.121. The smallest absolute Gasteiger partial charge is 0.248 e. The molecule has 0 fully saturated rings. The van der Waals surface area contributed by atoms with Crippen molar-refractivity contribution >= 4 is 11.8 Å². The molecule has 6 heteroatoms. The van der Waals surface area contributed by atoms with Crippen LogP contribution in [0.25, 0.3) is 0 Å². The second-order valence-electron chi connectivity index (χ2n) is 5.61. The number of aromatic nitrogens is 2. The Hall–Kier alpha value is -2.63. The van der Waals surface area contributed by atoms with E-state index in [1.54, 1.807) is 18.2 Å². The van der Waals surface area contributed by atoms with Gasteiger partial charge in [0, 0.05) is 31.3 Å². The number of hydrogen-bond donors (Lipinski definition) is 2. The Bertz CT molecular complexity index is 734. The van der Waals surface area contributed by atoms with E-state index in [1.807, 2.05) is 31.6 Å². The van der Waals surface area contributed by atoms with E-state index in [2.05, 4.69) is 10.4 Å². The molecule has 0 saturated carbocycles. The van der Waals surface area contributed by atoms with Crippen LogP contribution in [0.3, 0.4) is 0 Å². The van der Waals surface area contributed by atoms with Crippen LogP contribution < -0.4 is 11.1 Å². The average Bonchev–Trinajstić information content (AvgIpc) is 2.76. The minimum atomic E-state index is -0.472. The van der Waals surface area contributed by atoms with Gasteiger partial charge in [0.05, 0.1) is 5.69 Å². The number of nitrogens with one attached hydrogen (secondary N) is 1. The van der Waals surface area contributed by atoms with Gasteiger partial charge < -0.3 is 11.1 Å². The topological polar surface area (TPSA) is 90.0 Å². The molecule has 0 saturated heterocycles. The van der Waals surface area contributed by atoms with Gasteiger partial charge in [-0.2, -0.15) is 5.10 Å². The molecule has 0 radical (unpaired) electrons. The summed E-state index contributed by atoms with van der Waals surface area (Å²) in [5.74, 6) is -0.502. The predicted molar refractivity (Wildman–Crippen MR) is 87.8 cm³/mol. The van der Waals surface area contributed by atoms with Crippen molar-refractivity contribution < 1.29 is 9.59 Å². The Labute approximate surface area is 135 Å². The van der Waals surface area contributed by atoms with Gasteiger partial charge in [0.2, 0.25) is 11.8 Å². The first-order chi connectivity index (χ1) is 10.9. The SMILES string of the molecule is Cc1nn(C)c(C)c1CCC(=O)NCc1cccc(C(N)=O)c1. The second kappa shape index (κ2) is 7.09. The highest BCUT2D eigenvalue weighted by molar-refractivity contribution is 5.92. The lowest BCUT2D eigenvalue weighted by atomic mass is 10.1. The lowest BCUT2D eigenvalue weighted by Gasteiger charge is -2.07. The summed E-state index contributed by atoms with van der Waals surface area (Å²) in [4.78, 5) is 23.2. The average molecular weight is 314 g/mol. The highest BCUT2D eigenvalue weighted by Gasteiger charge is 2.11. The van der Waals surface area contributed by atoms with Crippen LogP contribution in [0, 0.1) is 13.8 Å². The van der Waals surface area contributed by atoms with Crippen molar-refractivity contribution in [3.05, 3.63) is 52.3 Å². The zero-order valence-corrected chi connectivity index (χ0v) is 13.7. The van der Waals surface area contributed by atoms with Crippen LogP contribution in [0.15, 0.2) is 24.3 Å². The van der Waals surface area contributed by atoms with Gasteiger partial charge in [-0.15, -0.1) is 0 Å². The minimum Gasteiger partial charge on any atom is -0.366 e. The molecule has 0 spiro atoms. The van der Waals surface area contributed by atoms with Crippen molar-refractivity contribution in [2.45, 2.75) is 33.2 Å². The van der Waals surface area contributed by atoms with Crippen LogP contribution >= 0.6 is 0 Å². The maximum atomic E-state index is 12.0.